The van der Waals surface area contributed by atoms with Gasteiger partial charge >= 0.3 is 5.97 Å². The van der Waals surface area contributed by atoms with E-state index in [1.54, 1.807) is 0 Å². The predicted molar refractivity (Wildman–Crippen MR) is 70.1 cm³/mol. The van der Waals surface area contributed by atoms with Gasteiger partial charge in [-0.2, -0.15) is 0 Å². The molecule has 0 rings (SSSR count). The highest BCUT2D eigenvalue weighted by atomic mass is 16.4. The Labute approximate surface area is 105 Å². The van der Waals surface area contributed by atoms with Crippen LogP contribution in [0.2, 0.25) is 0 Å². The van der Waals surface area contributed by atoms with E-state index >= 15 is 0 Å². The molecule has 0 spiro atoms. The molecule has 102 valence electrons. The highest BCUT2D eigenvalue weighted by molar-refractivity contribution is 5.73. The zero-order chi connectivity index (χ0) is 13.3. The smallest absolute Gasteiger partial charge is 0.321 e. The van der Waals surface area contributed by atoms with Crippen molar-refractivity contribution in [3.8, 4) is 0 Å². The fourth-order valence-electron chi connectivity index (χ4n) is 1.79. The van der Waals surface area contributed by atoms with E-state index in [0.717, 1.165) is 39.1 Å². The second kappa shape index (κ2) is 9.39. The van der Waals surface area contributed by atoms with Crippen molar-refractivity contribution in [3.05, 3.63) is 0 Å². The summed E-state index contributed by atoms with van der Waals surface area (Å²) >= 11 is 0. The SMILES string of the molecule is CCN(CC)CCCN(CC)CC(N)C(=O)O. The van der Waals surface area contributed by atoms with E-state index in [0.29, 0.717) is 6.54 Å². The second-order valence-corrected chi connectivity index (χ2v) is 4.22. The van der Waals surface area contributed by atoms with Crippen LogP contribution in [0.1, 0.15) is 27.2 Å². The third kappa shape index (κ3) is 7.31. The Kier molecular flexibility index (Phi) is 9.03. The molecule has 0 radical (unpaired) electrons. The summed E-state index contributed by atoms with van der Waals surface area (Å²) in [5.74, 6) is -0.924. The molecule has 0 fully saturated rings. The fraction of sp³-hybridized carbons (Fsp3) is 0.917. The van der Waals surface area contributed by atoms with Gasteiger partial charge in [0.1, 0.15) is 6.04 Å². The molecule has 0 aromatic heterocycles. The van der Waals surface area contributed by atoms with E-state index in [9.17, 15) is 4.79 Å². The summed E-state index contributed by atoms with van der Waals surface area (Å²) in [4.78, 5) is 15.1. The van der Waals surface area contributed by atoms with E-state index in [1.807, 2.05) is 6.92 Å². The van der Waals surface area contributed by atoms with Crippen molar-refractivity contribution in [2.45, 2.75) is 33.2 Å². The van der Waals surface area contributed by atoms with Crippen LogP contribution < -0.4 is 5.73 Å². The molecule has 5 nitrogen and oxygen atoms in total. The van der Waals surface area contributed by atoms with Crippen LogP contribution in [0.15, 0.2) is 0 Å². The molecule has 0 bridgehead atoms. The van der Waals surface area contributed by atoms with E-state index in [4.69, 9.17) is 10.8 Å². The van der Waals surface area contributed by atoms with Gasteiger partial charge in [0.25, 0.3) is 0 Å². The average Bonchev–Trinajstić information content (AvgIpc) is 2.32. The number of carbonyl (C=O) groups is 1. The maximum absolute atomic E-state index is 10.7. The van der Waals surface area contributed by atoms with Crippen molar-refractivity contribution in [1.29, 1.82) is 0 Å². The van der Waals surface area contributed by atoms with E-state index < -0.39 is 12.0 Å². The first kappa shape index (κ1) is 16.4. The third-order valence-corrected chi connectivity index (χ3v) is 3.06. The number of nitrogens with two attached hydrogens (primary N) is 1. The molecule has 3 N–H and O–H groups in total. The summed E-state index contributed by atoms with van der Waals surface area (Å²) in [5, 5.41) is 8.76. The molecule has 0 aromatic carbocycles. The van der Waals surface area contributed by atoms with Crippen LogP contribution in [0, 0.1) is 0 Å². The molecule has 1 atom stereocenters. The van der Waals surface area contributed by atoms with Crippen LogP contribution in [0.5, 0.6) is 0 Å². The molecule has 5 heteroatoms. The lowest BCUT2D eigenvalue weighted by Gasteiger charge is -2.24. The van der Waals surface area contributed by atoms with Gasteiger partial charge in [0.15, 0.2) is 0 Å². The molecule has 0 amide bonds. The average molecular weight is 245 g/mol. The molecule has 1 unspecified atom stereocenters. The zero-order valence-electron chi connectivity index (χ0n) is 11.4. The van der Waals surface area contributed by atoms with Gasteiger partial charge in [-0.15, -0.1) is 0 Å². The van der Waals surface area contributed by atoms with Crippen molar-refractivity contribution in [1.82, 2.24) is 9.80 Å². The van der Waals surface area contributed by atoms with Gasteiger partial charge in [0, 0.05) is 6.54 Å². The standard InChI is InChI=1S/C12H27N3O2/c1-4-14(5-2)8-7-9-15(6-3)10-11(13)12(16)17/h11H,4-10,13H2,1-3H3,(H,16,17). The lowest BCUT2D eigenvalue weighted by molar-refractivity contribution is -0.139. The Morgan fingerprint density at radius 1 is 1.12 bits per heavy atom. The van der Waals surface area contributed by atoms with Crippen LogP contribution in [0.4, 0.5) is 0 Å². The normalized spacial score (nSPS) is 13.3. The molecule has 0 aliphatic heterocycles. The molecular weight excluding hydrogens is 218 g/mol. The summed E-state index contributed by atoms with van der Waals surface area (Å²) in [6.07, 6.45) is 1.06. The van der Waals surface area contributed by atoms with Gasteiger partial charge in [-0.05, 0) is 39.1 Å². The Bertz CT molecular complexity index is 208. The van der Waals surface area contributed by atoms with Crippen molar-refractivity contribution < 1.29 is 9.90 Å². The van der Waals surface area contributed by atoms with E-state index in [2.05, 4.69) is 23.6 Å². The molecule has 0 aliphatic rings. The topological polar surface area (TPSA) is 69.8 Å². The molecule has 17 heavy (non-hydrogen) atoms. The highest BCUT2D eigenvalue weighted by Gasteiger charge is 2.15. The first-order valence-corrected chi connectivity index (χ1v) is 6.48. The Hall–Kier alpha value is -0.650. The highest BCUT2D eigenvalue weighted by Crippen LogP contribution is 1.97. The van der Waals surface area contributed by atoms with Gasteiger partial charge in [0.05, 0.1) is 0 Å². The summed E-state index contributed by atoms with van der Waals surface area (Å²) in [6.45, 7) is 11.7. The first-order chi connectivity index (χ1) is 8.04. The Balaban J connectivity index is 3.85. The van der Waals surface area contributed by atoms with Gasteiger partial charge in [-0.25, -0.2) is 0 Å². The largest absolute Gasteiger partial charge is 0.480 e. The van der Waals surface area contributed by atoms with Crippen LogP contribution in [0.25, 0.3) is 0 Å². The van der Waals surface area contributed by atoms with Crippen LogP contribution in [-0.4, -0.2) is 66.2 Å². The minimum Gasteiger partial charge on any atom is -0.480 e. The van der Waals surface area contributed by atoms with Crippen molar-refractivity contribution in [2.24, 2.45) is 5.73 Å². The van der Waals surface area contributed by atoms with Gasteiger partial charge in [0.2, 0.25) is 0 Å². The van der Waals surface area contributed by atoms with Crippen LogP contribution >= 0.6 is 0 Å². The molecule has 0 saturated heterocycles. The predicted octanol–water partition coefficient (Wildman–Crippen LogP) is 0.452. The van der Waals surface area contributed by atoms with Crippen LogP contribution in [0.3, 0.4) is 0 Å². The number of likely N-dealkylation sites (N-methyl/N-ethyl adjacent to an activating group) is 1. The minimum atomic E-state index is -0.924. The van der Waals surface area contributed by atoms with Gasteiger partial charge in [-0.3, -0.25) is 4.79 Å². The maximum Gasteiger partial charge on any atom is 0.321 e. The third-order valence-electron chi connectivity index (χ3n) is 3.06. The zero-order valence-corrected chi connectivity index (χ0v) is 11.4. The maximum atomic E-state index is 10.7. The van der Waals surface area contributed by atoms with Gasteiger partial charge < -0.3 is 20.6 Å². The Morgan fingerprint density at radius 2 is 1.59 bits per heavy atom. The monoisotopic (exact) mass is 245 g/mol. The van der Waals surface area contributed by atoms with Crippen molar-refractivity contribution in [3.63, 3.8) is 0 Å². The molecule has 0 heterocycles. The molecular formula is C12H27N3O2. The van der Waals surface area contributed by atoms with Crippen molar-refractivity contribution in [2.75, 3.05) is 39.3 Å². The number of nitrogens with zero attached hydrogens (tertiary/aromatic N) is 2. The van der Waals surface area contributed by atoms with Gasteiger partial charge in [-0.1, -0.05) is 20.8 Å². The number of hydrogen-bond acceptors (Lipinski definition) is 4. The lowest BCUT2D eigenvalue weighted by Crippen LogP contribution is -2.43. The van der Waals surface area contributed by atoms with Crippen molar-refractivity contribution >= 4 is 5.97 Å². The molecule has 0 saturated carbocycles. The van der Waals surface area contributed by atoms with E-state index in [-0.39, 0.29) is 0 Å². The number of rotatable bonds is 10. The minimum absolute atomic E-state index is 0.435. The summed E-state index contributed by atoms with van der Waals surface area (Å²) in [6, 6.07) is -0.775. The van der Waals surface area contributed by atoms with E-state index in [1.165, 1.54) is 0 Å². The molecule has 0 aromatic rings. The Morgan fingerprint density at radius 3 is 2.00 bits per heavy atom. The fourth-order valence-corrected chi connectivity index (χ4v) is 1.79. The quantitative estimate of drug-likeness (QED) is 0.585. The molecule has 0 aliphatic carbocycles. The summed E-state index contributed by atoms with van der Waals surface area (Å²) < 4.78 is 0. The number of carboxylic acid groups (broad SMARTS) is 1. The number of aliphatic carboxylic acids is 1. The second-order valence-electron chi connectivity index (χ2n) is 4.22. The number of carboxylic acids is 1. The first-order valence-electron chi connectivity index (χ1n) is 6.48. The summed E-state index contributed by atoms with van der Waals surface area (Å²) in [7, 11) is 0. The summed E-state index contributed by atoms with van der Waals surface area (Å²) in [5.41, 5.74) is 5.53. The number of hydrogen-bond donors (Lipinski definition) is 2. The van der Waals surface area contributed by atoms with Crippen LogP contribution in [-0.2, 0) is 4.79 Å². The lowest BCUT2D eigenvalue weighted by atomic mass is 10.2.